The van der Waals surface area contributed by atoms with Gasteiger partial charge in [-0.05, 0) is 36.5 Å². The minimum atomic E-state index is -0.328. The van der Waals surface area contributed by atoms with E-state index in [1.807, 2.05) is 0 Å². The molecule has 1 aromatic rings. The predicted molar refractivity (Wildman–Crippen MR) is 73.2 cm³/mol. The molecule has 0 radical (unpaired) electrons. The molecule has 4 nitrogen and oxygen atoms in total. The van der Waals surface area contributed by atoms with Crippen LogP contribution in [-0.4, -0.2) is 22.7 Å². The van der Waals surface area contributed by atoms with Crippen molar-refractivity contribution in [3.05, 3.63) is 23.8 Å². The minimum Gasteiger partial charge on any atom is -0.508 e. The molecule has 1 aliphatic rings. The highest BCUT2D eigenvalue weighted by atomic mass is 16.3. The number of nitrogens with one attached hydrogen (secondary N) is 1. The van der Waals surface area contributed by atoms with Gasteiger partial charge in [0.2, 0.25) is 0 Å². The molecule has 2 rings (SSSR count). The molecule has 104 valence electrons. The fourth-order valence-corrected chi connectivity index (χ4v) is 2.72. The molecular formula is C15H21NO3. The van der Waals surface area contributed by atoms with Crippen LogP contribution in [0.5, 0.6) is 11.5 Å². The third-order valence-corrected chi connectivity index (χ3v) is 4.04. The summed E-state index contributed by atoms with van der Waals surface area (Å²) >= 11 is 0. The van der Waals surface area contributed by atoms with Gasteiger partial charge in [0.15, 0.2) is 0 Å². The van der Waals surface area contributed by atoms with Gasteiger partial charge in [-0.2, -0.15) is 0 Å². The molecule has 0 aromatic heterocycles. The lowest BCUT2D eigenvalue weighted by molar-refractivity contribution is 0.0933. The van der Waals surface area contributed by atoms with Crippen LogP contribution in [0.25, 0.3) is 0 Å². The number of carbonyl (C=O) groups is 1. The summed E-state index contributed by atoms with van der Waals surface area (Å²) in [7, 11) is 0. The van der Waals surface area contributed by atoms with Crippen LogP contribution < -0.4 is 5.32 Å². The van der Waals surface area contributed by atoms with E-state index < -0.39 is 0 Å². The van der Waals surface area contributed by atoms with Crippen LogP contribution in [0, 0.1) is 11.8 Å². The van der Waals surface area contributed by atoms with Crippen LogP contribution in [0.3, 0.4) is 0 Å². The first-order valence-electron chi connectivity index (χ1n) is 6.88. The van der Waals surface area contributed by atoms with E-state index in [-0.39, 0.29) is 23.0 Å². The zero-order valence-corrected chi connectivity index (χ0v) is 11.2. The Kier molecular flexibility index (Phi) is 4.30. The second-order valence-corrected chi connectivity index (χ2v) is 5.43. The fraction of sp³-hybridized carbons (Fsp3) is 0.533. The standard InChI is InChI=1S/C15H21NO3/c1-10-4-2-3-5-11(10)9-16-15(19)13-8-12(17)6-7-14(13)18/h6-8,10-11,17-18H,2-5,9H2,1H3,(H,16,19). The molecule has 1 saturated carbocycles. The van der Waals surface area contributed by atoms with Crippen LogP contribution in [0.1, 0.15) is 43.0 Å². The molecule has 1 aliphatic carbocycles. The zero-order chi connectivity index (χ0) is 13.8. The molecule has 0 saturated heterocycles. The van der Waals surface area contributed by atoms with Gasteiger partial charge in [-0.1, -0.05) is 26.2 Å². The summed E-state index contributed by atoms with van der Waals surface area (Å²) < 4.78 is 0. The summed E-state index contributed by atoms with van der Waals surface area (Å²) in [6.07, 6.45) is 4.87. The maximum Gasteiger partial charge on any atom is 0.255 e. The van der Waals surface area contributed by atoms with Crippen LogP contribution in [0.15, 0.2) is 18.2 Å². The molecule has 1 amide bonds. The van der Waals surface area contributed by atoms with Gasteiger partial charge >= 0.3 is 0 Å². The number of phenolic OH excluding ortho intramolecular Hbond substituents is 2. The highest BCUT2D eigenvalue weighted by molar-refractivity contribution is 5.97. The lowest BCUT2D eigenvalue weighted by Crippen LogP contribution is -2.33. The van der Waals surface area contributed by atoms with Gasteiger partial charge in [0.05, 0.1) is 5.56 Å². The van der Waals surface area contributed by atoms with E-state index in [9.17, 15) is 15.0 Å². The lowest BCUT2D eigenvalue weighted by Gasteiger charge is -2.28. The largest absolute Gasteiger partial charge is 0.508 e. The van der Waals surface area contributed by atoms with Crippen molar-refractivity contribution in [1.29, 1.82) is 0 Å². The smallest absolute Gasteiger partial charge is 0.255 e. The van der Waals surface area contributed by atoms with Crippen LogP contribution in [0.2, 0.25) is 0 Å². The number of benzene rings is 1. The van der Waals surface area contributed by atoms with E-state index in [0.717, 1.165) is 6.42 Å². The molecule has 0 spiro atoms. The van der Waals surface area contributed by atoms with E-state index in [1.165, 1.54) is 37.5 Å². The summed E-state index contributed by atoms with van der Waals surface area (Å²) in [4.78, 5) is 12.0. The first-order valence-corrected chi connectivity index (χ1v) is 6.88. The number of amides is 1. The summed E-state index contributed by atoms with van der Waals surface area (Å²) in [6, 6.07) is 3.97. The third-order valence-electron chi connectivity index (χ3n) is 4.04. The molecule has 1 aromatic carbocycles. The van der Waals surface area contributed by atoms with Crippen molar-refractivity contribution in [3.63, 3.8) is 0 Å². The number of carbonyl (C=O) groups excluding carboxylic acids is 1. The Morgan fingerprint density at radius 3 is 2.79 bits per heavy atom. The topological polar surface area (TPSA) is 69.6 Å². The second-order valence-electron chi connectivity index (χ2n) is 5.43. The van der Waals surface area contributed by atoms with E-state index in [4.69, 9.17) is 0 Å². The highest BCUT2D eigenvalue weighted by Crippen LogP contribution is 2.29. The summed E-state index contributed by atoms with van der Waals surface area (Å²) in [5, 5.41) is 21.8. The Morgan fingerprint density at radius 2 is 2.05 bits per heavy atom. The van der Waals surface area contributed by atoms with Crippen molar-refractivity contribution in [2.24, 2.45) is 11.8 Å². The number of hydrogen-bond donors (Lipinski definition) is 3. The maximum atomic E-state index is 12.0. The van der Waals surface area contributed by atoms with Gasteiger partial charge in [-0.25, -0.2) is 0 Å². The van der Waals surface area contributed by atoms with Gasteiger partial charge < -0.3 is 15.5 Å². The molecule has 0 aliphatic heterocycles. The van der Waals surface area contributed by atoms with Gasteiger partial charge in [0.25, 0.3) is 5.91 Å². The van der Waals surface area contributed by atoms with Crippen LogP contribution in [0.4, 0.5) is 0 Å². The molecule has 2 atom stereocenters. The van der Waals surface area contributed by atoms with Gasteiger partial charge in [0.1, 0.15) is 11.5 Å². The minimum absolute atomic E-state index is 0.0195. The van der Waals surface area contributed by atoms with Gasteiger partial charge in [-0.3, -0.25) is 4.79 Å². The van der Waals surface area contributed by atoms with Crippen molar-refractivity contribution < 1.29 is 15.0 Å². The van der Waals surface area contributed by atoms with Crippen molar-refractivity contribution in [1.82, 2.24) is 5.32 Å². The zero-order valence-electron chi connectivity index (χ0n) is 11.2. The van der Waals surface area contributed by atoms with Gasteiger partial charge in [0, 0.05) is 6.54 Å². The lowest BCUT2D eigenvalue weighted by atomic mass is 9.80. The first-order chi connectivity index (χ1) is 9.08. The number of aromatic hydroxyl groups is 2. The molecular weight excluding hydrogens is 242 g/mol. The Morgan fingerprint density at radius 1 is 1.32 bits per heavy atom. The van der Waals surface area contributed by atoms with Crippen molar-refractivity contribution in [3.8, 4) is 11.5 Å². The van der Waals surface area contributed by atoms with Crippen molar-refractivity contribution in [2.45, 2.75) is 32.6 Å². The first kappa shape index (κ1) is 13.7. The quantitative estimate of drug-likeness (QED) is 0.734. The second kappa shape index (κ2) is 5.95. The summed E-state index contributed by atoms with van der Waals surface area (Å²) in [5.74, 6) is 0.691. The molecule has 19 heavy (non-hydrogen) atoms. The molecule has 0 heterocycles. The Labute approximate surface area is 113 Å². The molecule has 3 N–H and O–H groups in total. The average Bonchev–Trinajstić information content (AvgIpc) is 2.40. The van der Waals surface area contributed by atoms with Gasteiger partial charge in [-0.15, -0.1) is 0 Å². The van der Waals surface area contributed by atoms with Crippen molar-refractivity contribution in [2.75, 3.05) is 6.54 Å². The molecule has 0 bridgehead atoms. The maximum absolute atomic E-state index is 12.0. The SMILES string of the molecule is CC1CCCCC1CNC(=O)c1cc(O)ccc1O. The van der Waals surface area contributed by atoms with E-state index >= 15 is 0 Å². The highest BCUT2D eigenvalue weighted by Gasteiger charge is 2.22. The fourth-order valence-electron chi connectivity index (χ4n) is 2.72. The Bertz CT molecular complexity index is 459. The van der Waals surface area contributed by atoms with E-state index in [0.29, 0.717) is 18.4 Å². The number of hydrogen-bond acceptors (Lipinski definition) is 3. The predicted octanol–water partition coefficient (Wildman–Crippen LogP) is 2.65. The van der Waals surface area contributed by atoms with Crippen LogP contribution in [-0.2, 0) is 0 Å². The third kappa shape index (κ3) is 3.40. The Hall–Kier alpha value is -1.71. The molecule has 2 unspecified atom stereocenters. The van der Waals surface area contributed by atoms with Crippen molar-refractivity contribution >= 4 is 5.91 Å². The van der Waals surface area contributed by atoms with Crippen LogP contribution >= 0.6 is 0 Å². The monoisotopic (exact) mass is 263 g/mol. The molecule has 1 fully saturated rings. The summed E-state index contributed by atoms with van der Waals surface area (Å²) in [6.45, 7) is 2.86. The van der Waals surface area contributed by atoms with E-state index in [2.05, 4.69) is 12.2 Å². The number of rotatable bonds is 3. The summed E-state index contributed by atoms with van der Waals surface area (Å²) in [5.41, 5.74) is 0.128. The molecule has 4 heteroatoms. The normalized spacial score (nSPS) is 23.0. The average molecular weight is 263 g/mol. The van der Waals surface area contributed by atoms with E-state index in [1.54, 1.807) is 0 Å². The number of phenols is 2. The Balaban J connectivity index is 1.95.